The van der Waals surface area contributed by atoms with Crippen LogP contribution in [0.15, 0.2) is 18.3 Å². The highest BCUT2D eigenvalue weighted by molar-refractivity contribution is 7.87. The minimum Gasteiger partial charge on any atom is -0.466 e. The first-order valence-corrected chi connectivity index (χ1v) is 8.86. The third-order valence-corrected chi connectivity index (χ3v) is 4.63. The van der Waals surface area contributed by atoms with E-state index < -0.39 is 39.3 Å². The zero-order chi connectivity index (χ0) is 19.5. The number of carbonyl (C=O) groups excluding carboxylic acids is 2. The predicted molar refractivity (Wildman–Crippen MR) is 80.3 cm³/mol. The number of nitrogens with one attached hydrogen (secondary N) is 1. The monoisotopic (exact) mass is 396 g/mol. The molecule has 2 heterocycles. The van der Waals surface area contributed by atoms with Gasteiger partial charge < -0.3 is 14.2 Å². The molecule has 0 radical (unpaired) electrons. The Labute approximate surface area is 146 Å². The molecule has 0 aliphatic carbocycles. The van der Waals surface area contributed by atoms with Gasteiger partial charge in [0.2, 0.25) is 11.8 Å². The van der Waals surface area contributed by atoms with Crippen molar-refractivity contribution < 1.29 is 40.1 Å². The number of nitrogens with zero attached hydrogens (tertiary/aromatic N) is 1. The van der Waals surface area contributed by atoms with E-state index in [1.54, 1.807) is 6.92 Å². The van der Waals surface area contributed by atoms with Crippen molar-refractivity contribution in [2.45, 2.75) is 24.8 Å². The molecular weight excluding hydrogens is 381 g/mol. The lowest BCUT2D eigenvalue weighted by Gasteiger charge is -2.16. The fourth-order valence-electron chi connectivity index (χ4n) is 2.47. The van der Waals surface area contributed by atoms with Crippen LogP contribution >= 0.6 is 0 Å². The van der Waals surface area contributed by atoms with Crippen molar-refractivity contribution in [3.8, 4) is 5.88 Å². The summed E-state index contributed by atoms with van der Waals surface area (Å²) in [5, 5.41) is 2.59. The molecule has 2 rings (SSSR count). The summed E-state index contributed by atoms with van der Waals surface area (Å²) in [6, 6.07) is 2.24. The Balaban J connectivity index is 2.14. The average molecular weight is 396 g/mol. The lowest BCUT2D eigenvalue weighted by atomic mass is 9.87. The molecule has 0 unspecified atom stereocenters. The molecule has 1 aromatic heterocycles. The van der Waals surface area contributed by atoms with Crippen LogP contribution in [0.2, 0.25) is 0 Å². The number of halogens is 3. The normalized spacial score (nSPS) is 20.5. The van der Waals surface area contributed by atoms with E-state index >= 15 is 0 Å². The first-order chi connectivity index (χ1) is 12.0. The number of amides is 1. The molecule has 0 bridgehead atoms. The maximum atomic E-state index is 12.3. The summed E-state index contributed by atoms with van der Waals surface area (Å²) in [5.74, 6) is -2.86. The van der Waals surface area contributed by atoms with Crippen molar-refractivity contribution in [3.63, 3.8) is 0 Å². The van der Waals surface area contributed by atoms with Gasteiger partial charge in [0.25, 0.3) is 0 Å². The largest absolute Gasteiger partial charge is 0.534 e. The summed E-state index contributed by atoms with van der Waals surface area (Å²) in [6.07, 6.45) is 0.940. The predicted octanol–water partition coefficient (Wildman–Crippen LogP) is 1.09. The average Bonchev–Trinajstić information content (AvgIpc) is 2.88. The molecule has 1 saturated heterocycles. The van der Waals surface area contributed by atoms with Gasteiger partial charge in [-0.3, -0.25) is 9.59 Å². The summed E-state index contributed by atoms with van der Waals surface area (Å²) in [7, 11) is -5.81. The maximum Gasteiger partial charge on any atom is 0.534 e. The van der Waals surface area contributed by atoms with Crippen LogP contribution < -0.4 is 9.50 Å². The Bertz CT molecular complexity index is 779. The van der Waals surface area contributed by atoms with Crippen molar-refractivity contribution >= 4 is 22.0 Å². The minimum absolute atomic E-state index is 0.162. The first kappa shape index (κ1) is 19.9. The van der Waals surface area contributed by atoms with E-state index in [1.807, 2.05) is 0 Å². The number of hydrogen-bond donors (Lipinski definition) is 1. The van der Waals surface area contributed by atoms with E-state index in [2.05, 4.69) is 14.5 Å². The molecule has 1 aliphatic heterocycles. The van der Waals surface area contributed by atoms with Gasteiger partial charge in [-0.2, -0.15) is 21.6 Å². The van der Waals surface area contributed by atoms with Crippen LogP contribution in [-0.2, 0) is 24.4 Å². The highest BCUT2D eigenvalue weighted by atomic mass is 32.2. The topological polar surface area (TPSA) is 112 Å². The van der Waals surface area contributed by atoms with E-state index in [0.717, 1.165) is 12.3 Å². The Kier molecular flexibility index (Phi) is 5.74. The Hall–Kier alpha value is -2.37. The van der Waals surface area contributed by atoms with Gasteiger partial charge >= 0.3 is 21.6 Å². The number of ether oxygens (including phenoxy) is 1. The number of alkyl halides is 3. The van der Waals surface area contributed by atoms with Gasteiger partial charge in [0.1, 0.15) is 0 Å². The van der Waals surface area contributed by atoms with Crippen LogP contribution in [0.3, 0.4) is 0 Å². The lowest BCUT2D eigenvalue weighted by molar-refractivity contribution is -0.146. The van der Waals surface area contributed by atoms with E-state index in [9.17, 15) is 31.2 Å². The van der Waals surface area contributed by atoms with E-state index in [-0.39, 0.29) is 25.5 Å². The van der Waals surface area contributed by atoms with Crippen LogP contribution in [-0.4, -0.2) is 43.9 Å². The van der Waals surface area contributed by atoms with Crippen molar-refractivity contribution in [1.29, 1.82) is 0 Å². The summed E-state index contributed by atoms with van der Waals surface area (Å²) in [4.78, 5) is 27.0. The standard InChI is InChI=1S/C14H15F3N2O6S/c1-2-24-12(20)5-9-10(7-19-13(9)21)8-3-4-11(18-6-8)25-26(22,23)14(15,16)17/h3-4,6,9-10H,2,5,7H2,1H3,(H,19,21)/t9-,10+/m0/s1. The Morgan fingerprint density at radius 3 is 2.62 bits per heavy atom. The molecule has 144 valence electrons. The van der Waals surface area contributed by atoms with Gasteiger partial charge in [-0.05, 0) is 12.5 Å². The molecule has 8 nitrogen and oxygen atoms in total. The smallest absolute Gasteiger partial charge is 0.466 e. The second kappa shape index (κ2) is 7.48. The molecule has 0 saturated carbocycles. The van der Waals surface area contributed by atoms with Crippen LogP contribution in [0.25, 0.3) is 0 Å². The van der Waals surface area contributed by atoms with Gasteiger partial charge in [-0.25, -0.2) is 4.98 Å². The molecule has 26 heavy (non-hydrogen) atoms. The van der Waals surface area contributed by atoms with Crippen LogP contribution in [0.4, 0.5) is 13.2 Å². The van der Waals surface area contributed by atoms with Gasteiger partial charge in [-0.1, -0.05) is 6.07 Å². The van der Waals surface area contributed by atoms with Gasteiger partial charge in [0, 0.05) is 24.7 Å². The zero-order valence-electron chi connectivity index (χ0n) is 13.4. The van der Waals surface area contributed by atoms with Crippen molar-refractivity contribution in [2.24, 2.45) is 5.92 Å². The second-order valence-electron chi connectivity index (χ2n) is 5.38. The van der Waals surface area contributed by atoms with Crippen molar-refractivity contribution in [1.82, 2.24) is 10.3 Å². The van der Waals surface area contributed by atoms with E-state index in [1.165, 1.54) is 6.07 Å². The second-order valence-corrected chi connectivity index (χ2v) is 6.92. The first-order valence-electron chi connectivity index (χ1n) is 7.45. The number of hydrogen-bond acceptors (Lipinski definition) is 7. The summed E-state index contributed by atoms with van der Waals surface area (Å²) in [5.41, 5.74) is -5.13. The number of esters is 1. The number of carbonyl (C=O) groups is 2. The van der Waals surface area contributed by atoms with E-state index in [4.69, 9.17) is 4.74 Å². The molecule has 1 aromatic rings. The third-order valence-electron chi connectivity index (χ3n) is 3.68. The molecule has 1 amide bonds. The quantitative estimate of drug-likeness (QED) is 0.435. The minimum atomic E-state index is -5.81. The fourth-order valence-corrected chi connectivity index (χ4v) is 2.89. The molecule has 1 N–H and O–H groups in total. The van der Waals surface area contributed by atoms with Crippen LogP contribution in [0.5, 0.6) is 5.88 Å². The molecule has 0 aromatic carbocycles. The highest BCUT2D eigenvalue weighted by Crippen LogP contribution is 2.32. The van der Waals surface area contributed by atoms with Crippen molar-refractivity contribution in [3.05, 3.63) is 23.9 Å². The van der Waals surface area contributed by atoms with Crippen molar-refractivity contribution in [2.75, 3.05) is 13.2 Å². The SMILES string of the molecule is CCOC(=O)C[C@@H]1C(=O)NC[C@@H]1c1ccc(OS(=O)(=O)C(F)(F)F)nc1. The van der Waals surface area contributed by atoms with Gasteiger partial charge in [0.15, 0.2) is 0 Å². The summed E-state index contributed by atoms with van der Waals surface area (Å²) in [6.45, 7) is 1.99. The number of aromatic nitrogens is 1. The highest BCUT2D eigenvalue weighted by Gasteiger charge is 2.49. The maximum absolute atomic E-state index is 12.3. The van der Waals surface area contributed by atoms with Crippen LogP contribution in [0.1, 0.15) is 24.8 Å². The summed E-state index contributed by atoms with van der Waals surface area (Å²) < 4.78 is 67.5. The Morgan fingerprint density at radius 1 is 1.38 bits per heavy atom. The number of pyridine rings is 1. The summed E-state index contributed by atoms with van der Waals surface area (Å²) >= 11 is 0. The molecule has 1 aliphatic rings. The lowest BCUT2D eigenvalue weighted by Crippen LogP contribution is -2.28. The molecule has 2 atom stereocenters. The van der Waals surface area contributed by atoms with Crippen LogP contribution in [0, 0.1) is 5.92 Å². The molecular formula is C14H15F3N2O6S. The molecule has 0 spiro atoms. The number of rotatable bonds is 6. The van der Waals surface area contributed by atoms with Gasteiger partial charge in [-0.15, -0.1) is 0 Å². The molecule has 1 fully saturated rings. The van der Waals surface area contributed by atoms with E-state index in [0.29, 0.717) is 5.56 Å². The molecule has 12 heteroatoms. The Morgan fingerprint density at radius 2 is 2.08 bits per heavy atom. The van der Waals surface area contributed by atoms with Gasteiger partial charge in [0.05, 0.1) is 18.9 Å². The zero-order valence-corrected chi connectivity index (χ0v) is 14.3. The fraction of sp³-hybridized carbons (Fsp3) is 0.500. The third kappa shape index (κ3) is 4.42.